The lowest BCUT2D eigenvalue weighted by Crippen LogP contribution is -2.35. The summed E-state index contributed by atoms with van der Waals surface area (Å²) >= 11 is 0. The van der Waals surface area contributed by atoms with Crippen molar-refractivity contribution in [3.05, 3.63) is 99.2 Å². The van der Waals surface area contributed by atoms with E-state index in [0.717, 1.165) is 6.07 Å². The first kappa shape index (κ1) is 46.1. The van der Waals surface area contributed by atoms with E-state index in [1.807, 2.05) is 6.92 Å². The van der Waals surface area contributed by atoms with Gasteiger partial charge in [-0.15, -0.1) is 0 Å². The largest absolute Gasteiger partial charge is 0.494 e. The molecule has 4 amide bonds. The topological polar surface area (TPSA) is 318 Å². The Hall–Kier alpha value is -7.62. The molecule has 4 aromatic rings. The number of carbonyl (C=O) groups excluding carboxylic acids is 4. The standard InChI is InChI=1S/C39H51N13O9/c1-7-51-29(16-23(2)48-51)36(55)47-37-46-27-17-24(34(41)53)20-31(59-6)33(27)50(37)14-9-8-12-44-32-28(52(57)58)18-25(35(42)54)19-30(32)60-15-11-10-13-49(43)22-26(40)21-45-38(56)61-39(3,4)5/h8-11,16-20,22,44H,7,12-15,21,40,43H2,1-6H3,(H2,41,53)(H2,42,54)(H,45,56)(H,46,47,55)/b9-8+,11-10+,26-22-. The summed E-state index contributed by atoms with van der Waals surface area (Å²) in [7, 11) is 1.42. The van der Waals surface area contributed by atoms with Crippen LogP contribution in [0.5, 0.6) is 11.5 Å². The van der Waals surface area contributed by atoms with Gasteiger partial charge in [-0.1, -0.05) is 18.2 Å². The van der Waals surface area contributed by atoms with Crippen LogP contribution in [0.1, 0.15) is 64.6 Å². The average Bonchev–Trinajstić information content (AvgIpc) is 3.74. The van der Waals surface area contributed by atoms with E-state index in [9.17, 15) is 29.3 Å². The lowest BCUT2D eigenvalue weighted by molar-refractivity contribution is -0.384. The van der Waals surface area contributed by atoms with E-state index < -0.39 is 40.0 Å². The van der Waals surface area contributed by atoms with Crippen LogP contribution in [-0.2, 0) is 17.8 Å². The van der Waals surface area contributed by atoms with Gasteiger partial charge in [-0.25, -0.2) is 15.6 Å². The van der Waals surface area contributed by atoms with Gasteiger partial charge in [-0.3, -0.25) is 34.5 Å². The second-order valence-corrected chi connectivity index (χ2v) is 14.3. The maximum atomic E-state index is 13.4. The number of amides is 4. The molecule has 22 nitrogen and oxygen atoms in total. The molecule has 0 radical (unpaired) electrons. The van der Waals surface area contributed by atoms with Gasteiger partial charge in [0.25, 0.3) is 11.6 Å². The molecule has 0 atom stereocenters. The number of imidazole rings is 1. The number of aromatic nitrogens is 4. The summed E-state index contributed by atoms with van der Waals surface area (Å²) in [5, 5.41) is 26.1. The Balaban J connectivity index is 1.51. The zero-order valence-electron chi connectivity index (χ0n) is 34.7. The predicted octanol–water partition coefficient (Wildman–Crippen LogP) is 3.03. The molecule has 2 aromatic heterocycles. The molecule has 0 aliphatic heterocycles. The number of hydrazine groups is 1. The van der Waals surface area contributed by atoms with Gasteiger partial charge in [0.05, 0.1) is 36.3 Å². The predicted molar refractivity (Wildman–Crippen MR) is 227 cm³/mol. The quantitative estimate of drug-likeness (QED) is 0.0291. The molecule has 0 saturated carbocycles. The van der Waals surface area contributed by atoms with Crippen LogP contribution in [-0.4, -0.2) is 92.0 Å². The normalized spacial score (nSPS) is 11.8. The van der Waals surface area contributed by atoms with Crippen molar-refractivity contribution < 1.29 is 38.3 Å². The summed E-state index contributed by atoms with van der Waals surface area (Å²) < 4.78 is 19.8. The molecule has 61 heavy (non-hydrogen) atoms. The SMILES string of the molecule is CCn1nc(C)cc1C(=O)Nc1nc2cc(C(N)=O)cc(OC)c2n1C/C=C/CNc1c(OC/C=C/CN(N)/C=C(\N)CNC(=O)OC(C)(C)C)cc(C(N)=O)cc1[N+](=O)[O-]. The minimum Gasteiger partial charge on any atom is -0.494 e. The third-order valence-electron chi connectivity index (χ3n) is 8.37. The van der Waals surface area contributed by atoms with Crippen LogP contribution in [0.3, 0.4) is 0 Å². The third kappa shape index (κ3) is 12.7. The number of alkyl carbamates (subject to hydrolysis) is 1. The molecule has 0 bridgehead atoms. The van der Waals surface area contributed by atoms with Crippen molar-refractivity contribution >= 4 is 52.2 Å². The first-order valence-electron chi connectivity index (χ1n) is 18.8. The van der Waals surface area contributed by atoms with Gasteiger partial charge < -0.3 is 51.6 Å². The van der Waals surface area contributed by atoms with Crippen LogP contribution in [0.2, 0.25) is 0 Å². The Morgan fingerprint density at radius 2 is 1.67 bits per heavy atom. The lowest BCUT2D eigenvalue weighted by atomic mass is 10.1. The van der Waals surface area contributed by atoms with Crippen molar-refractivity contribution in [2.24, 2.45) is 23.0 Å². The Bertz CT molecular complexity index is 2380. The number of rotatable bonds is 20. The van der Waals surface area contributed by atoms with Gasteiger partial charge in [0, 0.05) is 48.7 Å². The van der Waals surface area contributed by atoms with Crippen molar-refractivity contribution in [1.82, 2.24) is 29.7 Å². The number of carbonyl (C=O) groups is 4. The minimum atomic E-state index is -0.901. The highest BCUT2D eigenvalue weighted by Crippen LogP contribution is 2.36. The number of primary amides is 2. The molecule has 0 unspecified atom stereocenters. The van der Waals surface area contributed by atoms with Crippen molar-refractivity contribution in [2.45, 2.75) is 53.3 Å². The molecule has 0 fully saturated rings. The zero-order valence-corrected chi connectivity index (χ0v) is 34.7. The van der Waals surface area contributed by atoms with Crippen LogP contribution < -0.4 is 48.5 Å². The lowest BCUT2D eigenvalue weighted by Gasteiger charge is -2.20. The van der Waals surface area contributed by atoms with E-state index in [1.165, 1.54) is 36.5 Å². The number of aryl methyl sites for hydroxylation is 2. The number of benzene rings is 2. The van der Waals surface area contributed by atoms with Crippen LogP contribution >= 0.6 is 0 Å². The number of hydrogen-bond acceptors (Lipinski definition) is 15. The van der Waals surface area contributed by atoms with Crippen molar-refractivity contribution in [3.63, 3.8) is 0 Å². The molecule has 4 rings (SSSR count). The zero-order chi connectivity index (χ0) is 45.0. The number of anilines is 2. The molecular formula is C39H51N13O9. The average molecular weight is 846 g/mol. The number of nitrogens with two attached hydrogens (primary N) is 4. The number of nitro groups is 1. The maximum Gasteiger partial charge on any atom is 0.407 e. The monoisotopic (exact) mass is 845 g/mol. The molecular weight excluding hydrogens is 795 g/mol. The molecule has 0 spiro atoms. The summed E-state index contributed by atoms with van der Waals surface area (Å²) in [6.07, 6.45) is 7.41. The fourth-order valence-corrected chi connectivity index (χ4v) is 5.74. The fourth-order valence-electron chi connectivity index (χ4n) is 5.74. The number of fused-ring (bicyclic) bond motifs is 1. The molecule has 11 N–H and O–H groups in total. The number of allylic oxidation sites excluding steroid dienone is 1. The van der Waals surface area contributed by atoms with Crippen LogP contribution in [0.15, 0.2) is 66.5 Å². The second-order valence-electron chi connectivity index (χ2n) is 14.3. The number of ether oxygens (including phenoxy) is 3. The number of hydrogen-bond donors (Lipinski definition) is 7. The van der Waals surface area contributed by atoms with Crippen molar-refractivity contribution in [2.75, 3.05) is 44.0 Å². The molecule has 0 saturated heterocycles. The van der Waals surface area contributed by atoms with E-state index in [4.69, 9.17) is 37.3 Å². The third-order valence-corrected chi connectivity index (χ3v) is 8.37. The number of methoxy groups -OCH3 is 1. The maximum absolute atomic E-state index is 13.4. The van der Waals surface area contributed by atoms with Crippen LogP contribution in [0, 0.1) is 17.0 Å². The highest BCUT2D eigenvalue weighted by molar-refractivity contribution is 6.04. The van der Waals surface area contributed by atoms with Crippen LogP contribution in [0.4, 0.5) is 22.1 Å². The summed E-state index contributed by atoms with van der Waals surface area (Å²) in [6, 6.07) is 6.93. The Kier molecular flexibility index (Phi) is 15.4. The Labute approximate surface area is 350 Å². The number of nitro benzene ring substituents is 1. The molecule has 0 aliphatic rings. The summed E-state index contributed by atoms with van der Waals surface area (Å²) in [6.45, 7) is 9.51. The van der Waals surface area contributed by atoms with Gasteiger partial charge in [0.2, 0.25) is 17.8 Å². The highest BCUT2D eigenvalue weighted by atomic mass is 16.6. The molecule has 326 valence electrons. The second kappa shape index (κ2) is 20.4. The molecule has 22 heteroatoms. The smallest absolute Gasteiger partial charge is 0.407 e. The number of nitrogens with one attached hydrogen (secondary N) is 3. The minimum absolute atomic E-state index is 0.00433. The summed E-state index contributed by atoms with van der Waals surface area (Å²) in [5.74, 6) is 4.30. The van der Waals surface area contributed by atoms with Gasteiger partial charge in [-0.05, 0) is 65.0 Å². The molecule has 2 heterocycles. The highest BCUT2D eigenvalue weighted by Gasteiger charge is 2.24. The molecule has 2 aromatic carbocycles. The summed E-state index contributed by atoms with van der Waals surface area (Å²) in [4.78, 5) is 65.6. The van der Waals surface area contributed by atoms with E-state index in [2.05, 4.69) is 26.0 Å². The summed E-state index contributed by atoms with van der Waals surface area (Å²) in [5.41, 5.74) is 17.8. The first-order valence-corrected chi connectivity index (χ1v) is 18.8. The van der Waals surface area contributed by atoms with E-state index in [-0.39, 0.29) is 72.7 Å². The Morgan fingerprint density at radius 3 is 2.31 bits per heavy atom. The number of nitrogens with zero attached hydrogens (tertiary/aromatic N) is 6. The van der Waals surface area contributed by atoms with Gasteiger partial charge in [-0.2, -0.15) is 5.10 Å². The first-order chi connectivity index (χ1) is 28.8. The van der Waals surface area contributed by atoms with E-state index in [0.29, 0.717) is 29.0 Å². The van der Waals surface area contributed by atoms with Gasteiger partial charge in [0.1, 0.15) is 29.2 Å². The van der Waals surface area contributed by atoms with E-state index in [1.54, 1.807) is 67.3 Å². The van der Waals surface area contributed by atoms with E-state index >= 15 is 0 Å². The molecule has 0 aliphatic carbocycles. The van der Waals surface area contributed by atoms with Gasteiger partial charge in [0.15, 0.2) is 11.4 Å². The van der Waals surface area contributed by atoms with Crippen LogP contribution in [0.25, 0.3) is 11.0 Å². The Morgan fingerprint density at radius 1 is 0.984 bits per heavy atom. The fraction of sp³-hybridized carbons (Fsp3) is 0.333. The van der Waals surface area contributed by atoms with Crippen molar-refractivity contribution in [1.29, 1.82) is 0 Å². The van der Waals surface area contributed by atoms with Crippen molar-refractivity contribution in [3.8, 4) is 11.5 Å². The van der Waals surface area contributed by atoms with Gasteiger partial charge >= 0.3 is 6.09 Å².